The first-order chi connectivity index (χ1) is 9.19. The third kappa shape index (κ3) is 3.86. The molecule has 1 amide bonds. The van der Waals surface area contributed by atoms with E-state index in [1.807, 2.05) is 30.3 Å². The predicted octanol–water partition coefficient (Wildman–Crippen LogP) is 3.17. The number of carbonyl (C=O) groups excluding carboxylic acids is 1. The van der Waals surface area contributed by atoms with E-state index >= 15 is 0 Å². The maximum absolute atomic E-state index is 12.0. The highest BCUT2D eigenvalue weighted by molar-refractivity contribution is 6.18. The van der Waals surface area contributed by atoms with Gasteiger partial charge in [-0.15, -0.1) is 11.6 Å². The van der Waals surface area contributed by atoms with Gasteiger partial charge < -0.3 is 9.73 Å². The lowest BCUT2D eigenvalue weighted by molar-refractivity contribution is 0.0940. The summed E-state index contributed by atoms with van der Waals surface area (Å²) < 4.78 is 5.13. The van der Waals surface area contributed by atoms with E-state index < -0.39 is 0 Å². The number of halogens is 1. The molecule has 3 nitrogen and oxygen atoms in total. The van der Waals surface area contributed by atoms with E-state index in [0.29, 0.717) is 17.9 Å². The van der Waals surface area contributed by atoms with Gasteiger partial charge in [-0.2, -0.15) is 0 Å². The molecule has 2 rings (SSSR count). The Labute approximate surface area is 117 Å². The first kappa shape index (κ1) is 13.7. The number of alkyl halides is 1. The van der Waals surface area contributed by atoms with Crippen LogP contribution in [0.3, 0.4) is 0 Å². The average molecular weight is 278 g/mol. The van der Waals surface area contributed by atoms with Crippen molar-refractivity contribution in [2.24, 2.45) is 0 Å². The van der Waals surface area contributed by atoms with Crippen LogP contribution in [0, 0.1) is 6.92 Å². The van der Waals surface area contributed by atoms with Crippen LogP contribution in [-0.4, -0.2) is 17.8 Å². The van der Waals surface area contributed by atoms with Crippen LogP contribution in [0.4, 0.5) is 0 Å². The summed E-state index contributed by atoms with van der Waals surface area (Å²) in [5.74, 6) is 0.936. The van der Waals surface area contributed by atoms with E-state index in [4.69, 9.17) is 16.0 Å². The quantitative estimate of drug-likeness (QED) is 0.853. The maximum Gasteiger partial charge on any atom is 0.254 e. The lowest BCUT2D eigenvalue weighted by Gasteiger charge is -2.15. The number of rotatable bonds is 5. The van der Waals surface area contributed by atoms with Crippen LogP contribution in [0.15, 0.2) is 47.1 Å². The second-order valence-electron chi connectivity index (χ2n) is 4.46. The molecule has 0 aliphatic heterocycles. The SMILES string of the molecule is Cc1cc(C(=O)NC(CCl)Cc2ccccc2)co1. The van der Waals surface area contributed by atoms with E-state index in [1.165, 1.54) is 6.26 Å². The van der Waals surface area contributed by atoms with E-state index in [9.17, 15) is 4.79 Å². The van der Waals surface area contributed by atoms with Gasteiger partial charge in [-0.3, -0.25) is 4.79 Å². The number of hydrogen-bond acceptors (Lipinski definition) is 2. The summed E-state index contributed by atoms with van der Waals surface area (Å²) in [6.07, 6.45) is 2.17. The molecule has 19 heavy (non-hydrogen) atoms. The van der Waals surface area contributed by atoms with Gasteiger partial charge in [0, 0.05) is 11.9 Å². The Morgan fingerprint density at radius 1 is 1.37 bits per heavy atom. The van der Waals surface area contributed by atoms with Gasteiger partial charge in [0.1, 0.15) is 12.0 Å². The Morgan fingerprint density at radius 2 is 2.11 bits per heavy atom. The van der Waals surface area contributed by atoms with Gasteiger partial charge in [-0.25, -0.2) is 0 Å². The van der Waals surface area contributed by atoms with Gasteiger partial charge >= 0.3 is 0 Å². The van der Waals surface area contributed by atoms with Crippen LogP contribution in [0.1, 0.15) is 21.7 Å². The van der Waals surface area contributed by atoms with Gasteiger partial charge in [0.25, 0.3) is 5.91 Å². The van der Waals surface area contributed by atoms with Crippen molar-refractivity contribution in [1.82, 2.24) is 5.32 Å². The van der Waals surface area contributed by atoms with Crippen molar-refractivity contribution in [3.63, 3.8) is 0 Å². The summed E-state index contributed by atoms with van der Waals surface area (Å²) >= 11 is 5.92. The fraction of sp³-hybridized carbons (Fsp3) is 0.267. The molecule has 100 valence electrons. The summed E-state index contributed by atoms with van der Waals surface area (Å²) in [6.45, 7) is 1.81. The maximum atomic E-state index is 12.0. The molecule has 1 heterocycles. The highest BCUT2D eigenvalue weighted by atomic mass is 35.5. The summed E-state index contributed by atoms with van der Waals surface area (Å²) in [7, 11) is 0. The summed E-state index contributed by atoms with van der Waals surface area (Å²) in [5, 5.41) is 2.91. The number of hydrogen-bond donors (Lipinski definition) is 1. The Hall–Kier alpha value is -1.74. The van der Waals surface area contributed by atoms with Gasteiger partial charge in [0.05, 0.1) is 5.56 Å². The van der Waals surface area contributed by atoms with Gasteiger partial charge in [-0.05, 0) is 25.0 Å². The number of aryl methyl sites for hydroxylation is 1. The first-order valence-corrected chi connectivity index (χ1v) is 6.68. The zero-order valence-corrected chi connectivity index (χ0v) is 11.5. The third-order valence-electron chi connectivity index (χ3n) is 2.84. The van der Waals surface area contributed by atoms with E-state index in [2.05, 4.69) is 5.32 Å². The van der Waals surface area contributed by atoms with Crippen LogP contribution in [0.25, 0.3) is 0 Å². The molecule has 0 bridgehead atoms. The summed E-state index contributed by atoms with van der Waals surface area (Å²) in [4.78, 5) is 12.0. The van der Waals surface area contributed by atoms with Crippen molar-refractivity contribution < 1.29 is 9.21 Å². The molecule has 0 aliphatic carbocycles. The van der Waals surface area contributed by atoms with Gasteiger partial charge in [-0.1, -0.05) is 30.3 Å². The molecule has 0 spiro atoms. The second-order valence-corrected chi connectivity index (χ2v) is 4.77. The van der Waals surface area contributed by atoms with E-state index in [-0.39, 0.29) is 11.9 Å². The van der Waals surface area contributed by atoms with Crippen molar-refractivity contribution in [3.05, 3.63) is 59.5 Å². The minimum atomic E-state index is -0.154. The topological polar surface area (TPSA) is 42.2 Å². The number of carbonyl (C=O) groups is 1. The Balaban J connectivity index is 1.97. The molecular formula is C15H16ClNO2. The fourth-order valence-electron chi connectivity index (χ4n) is 1.87. The molecule has 0 saturated heterocycles. The molecule has 1 atom stereocenters. The second kappa shape index (κ2) is 6.43. The molecule has 0 aliphatic rings. The van der Waals surface area contributed by atoms with Crippen molar-refractivity contribution >= 4 is 17.5 Å². The van der Waals surface area contributed by atoms with E-state index in [1.54, 1.807) is 13.0 Å². The van der Waals surface area contributed by atoms with Crippen LogP contribution < -0.4 is 5.32 Å². The standard InChI is InChI=1S/C15H16ClNO2/c1-11-7-13(10-19-11)15(18)17-14(9-16)8-12-5-3-2-4-6-12/h2-7,10,14H,8-9H2,1H3,(H,17,18). The minimum Gasteiger partial charge on any atom is -0.469 e. The molecule has 1 aromatic heterocycles. The molecule has 1 N–H and O–H groups in total. The molecular weight excluding hydrogens is 262 g/mol. The lowest BCUT2D eigenvalue weighted by atomic mass is 10.1. The van der Waals surface area contributed by atoms with Gasteiger partial charge in [0.15, 0.2) is 0 Å². The molecule has 4 heteroatoms. The molecule has 2 aromatic rings. The smallest absolute Gasteiger partial charge is 0.254 e. The Morgan fingerprint density at radius 3 is 2.68 bits per heavy atom. The van der Waals surface area contributed by atoms with Crippen molar-refractivity contribution in [2.75, 3.05) is 5.88 Å². The molecule has 0 fully saturated rings. The number of benzene rings is 1. The monoisotopic (exact) mass is 277 g/mol. The van der Waals surface area contributed by atoms with Crippen LogP contribution in [0.5, 0.6) is 0 Å². The normalized spacial score (nSPS) is 12.1. The summed E-state index contributed by atoms with van der Waals surface area (Å²) in [6, 6.07) is 11.6. The zero-order chi connectivity index (χ0) is 13.7. The highest BCUT2D eigenvalue weighted by Crippen LogP contribution is 2.08. The highest BCUT2D eigenvalue weighted by Gasteiger charge is 2.14. The molecule has 1 unspecified atom stereocenters. The number of amides is 1. The zero-order valence-electron chi connectivity index (χ0n) is 10.7. The van der Waals surface area contributed by atoms with Crippen LogP contribution in [0.2, 0.25) is 0 Å². The molecule has 0 radical (unpaired) electrons. The molecule has 0 saturated carbocycles. The largest absolute Gasteiger partial charge is 0.469 e. The van der Waals surface area contributed by atoms with Crippen molar-refractivity contribution in [1.29, 1.82) is 0 Å². The fourth-order valence-corrected chi connectivity index (χ4v) is 2.06. The van der Waals surface area contributed by atoms with Crippen LogP contribution in [-0.2, 0) is 6.42 Å². The van der Waals surface area contributed by atoms with Crippen LogP contribution >= 0.6 is 11.6 Å². The first-order valence-electron chi connectivity index (χ1n) is 6.15. The lowest BCUT2D eigenvalue weighted by Crippen LogP contribution is -2.37. The predicted molar refractivity (Wildman–Crippen MR) is 75.6 cm³/mol. The molecule has 1 aromatic carbocycles. The Kier molecular flexibility index (Phi) is 4.63. The van der Waals surface area contributed by atoms with Gasteiger partial charge in [0.2, 0.25) is 0 Å². The third-order valence-corrected chi connectivity index (χ3v) is 3.21. The summed E-state index contributed by atoms with van der Waals surface area (Å²) in [5.41, 5.74) is 1.68. The number of furan rings is 1. The number of nitrogens with one attached hydrogen (secondary N) is 1. The Bertz CT molecular complexity index is 536. The van der Waals surface area contributed by atoms with E-state index in [0.717, 1.165) is 11.3 Å². The minimum absolute atomic E-state index is 0.0910. The van der Waals surface area contributed by atoms with Crippen molar-refractivity contribution in [2.45, 2.75) is 19.4 Å². The average Bonchev–Trinajstić information content (AvgIpc) is 2.86. The van der Waals surface area contributed by atoms with Crippen molar-refractivity contribution in [3.8, 4) is 0 Å².